The Morgan fingerprint density at radius 1 is 0.914 bits per heavy atom. The normalized spacial score (nSPS) is 13.9. The summed E-state index contributed by atoms with van der Waals surface area (Å²) in [6, 6.07) is 20.8. The van der Waals surface area contributed by atoms with Crippen LogP contribution in [0.5, 0.6) is 17.2 Å². The van der Waals surface area contributed by atoms with Gasteiger partial charge in [0, 0.05) is 17.5 Å². The first-order chi connectivity index (χ1) is 17.0. The van der Waals surface area contributed by atoms with Crippen LogP contribution in [0.4, 0.5) is 5.82 Å². The molecule has 6 nitrogen and oxygen atoms in total. The number of nitrogens with one attached hydrogen (secondary N) is 1. The Morgan fingerprint density at radius 3 is 2.37 bits per heavy atom. The highest BCUT2D eigenvalue weighted by Crippen LogP contribution is 2.35. The Hall–Kier alpha value is -3.80. The smallest absolute Gasteiger partial charge is 0.162 e. The molecule has 0 saturated heterocycles. The largest absolute Gasteiger partial charge is 0.493 e. The Balaban J connectivity index is 1.41. The quantitative estimate of drug-likeness (QED) is 0.298. The molecule has 1 fully saturated rings. The number of hydrogen-bond donors (Lipinski definition) is 1. The predicted octanol–water partition coefficient (Wildman–Crippen LogP) is 6.58. The van der Waals surface area contributed by atoms with Crippen molar-refractivity contribution in [3.05, 3.63) is 72.1 Å². The monoisotopic (exact) mass is 469 g/mol. The van der Waals surface area contributed by atoms with Crippen LogP contribution in [0.15, 0.2) is 60.7 Å². The van der Waals surface area contributed by atoms with Gasteiger partial charge < -0.3 is 19.5 Å². The zero-order valence-electron chi connectivity index (χ0n) is 20.7. The molecule has 180 valence electrons. The molecule has 0 aliphatic heterocycles. The Bertz CT molecular complexity index is 1350. The SMILES string of the molecule is COc1cc2nc(C)nc(N[C@H](C)c3cccc(-c4cccc(OCC5CC5)c4)c3)c2cc1OC. The van der Waals surface area contributed by atoms with Gasteiger partial charge in [0.25, 0.3) is 0 Å². The molecule has 6 heteroatoms. The Labute approximate surface area is 206 Å². The zero-order valence-corrected chi connectivity index (χ0v) is 20.7. The number of nitrogens with zero attached hydrogens (tertiary/aromatic N) is 2. The fourth-order valence-electron chi connectivity index (χ4n) is 4.22. The van der Waals surface area contributed by atoms with Crippen molar-refractivity contribution < 1.29 is 14.2 Å². The Morgan fingerprint density at radius 2 is 1.63 bits per heavy atom. The summed E-state index contributed by atoms with van der Waals surface area (Å²) < 4.78 is 17.0. The number of ether oxygens (including phenoxy) is 3. The first-order valence-electron chi connectivity index (χ1n) is 12.0. The molecule has 5 rings (SSSR count). The minimum Gasteiger partial charge on any atom is -0.493 e. The van der Waals surface area contributed by atoms with Crippen molar-refractivity contribution in [2.45, 2.75) is 32.7 Å². The lowest BCUT2D eigenvalue weighted by Crippen LogP contribution is -2.10. The van der Waals surface area contributed by atoms with Crippen LogP contribution in [-0.4, -0.2) is 30.8 Å². The molecule has 1 aromatic heterocycles. The van der Waals surface area contributed by atoms with Crippen LogP contribution in [-0.2, 0) is 0 Å². The van der Waals surface area contributed by atoms with E-state index in [9.17, 15) is 0 Å². The summed E-state index contributed by atoms with van der Waals surface area (Å²) in [6.45, 7) is 4.84. The van der Waals surface area contributed by atoms with E-state index in [1.807, 2.05) is 25.1 Å². The summed E-state index contributed by atoms with van der Waals surface area (Å²) in [5.41, 5.74) is 4.27. The molecule has 3 aromatic carbocycles. The fourth-order valence-corrected chi connectivity index (χ4v) is 4.22. The van der Waals surface area contributed by atoms with E-state index in [-0.39, 0.29) is 6.04 Å². The predicted molar refractivity (Wildman–Crippen MR) is 140 cm³/mol. The van der Waals surface area contributed by atoms with Crippen LogP contribution in [0.1, 0.15) is 37.2 Å². The second-order valence-corrected chi connectivity index (χ2v) is 9.12. The molecule has 35 heavy (non-hydrogen) atoms. The minimum atomic E-state index is 0.0230. The average Bonchev–Trinajstić information content (AvgIpc) is 3.71. The van der Waals surface area contributed by atoms with Crippen molar-refractivity contribution in [3.63, 3.8) is 0 Å². The highest BCUT2D eigenvalue weighted by molar-refractivity contribution is 5.92. The van der Waals surface area contributed by atoms with Crippen molar-refractivity contribution >= 4 is 16.7 Å². The summed E-state index contributed by atoms with van der Waals surface area (Å²) >= 11 is 0. The lowest BCUT2D eigenvalue weighted by molar-refractivity contribution is 0.300. The number of methoxy groups -OCH3 is 2. The molecule has 0 radical (unpaired) electrons. The number of benzene rings is 3. The number of hydrogen-bond acceptors (Lipinski definition) is 6. The third-order valence-electron chi connectivity index (χ3n) is 6.40. The lowest BCUT2D eigenvalue weighted by atomic mass is 10.00. The highest BCUT2D eigenvalue weighted by Gasteiger charge is 2.22. The van der Waals surface area contributed by atoms with Gasteiger partial charge in [-0.3, -0.25) is 0 Å². The van der Waals surface area contributed by atoms with E-state index in [0.717, 1.165) is 51.7 Å². The van der Waals surface area contributed by atoms with Crippen molar-refractivity contribution in [1.29, 1.82) is 0 Å². The summed E-state index contributed by atoms with van der Waals surface area (Å²) in [5, 5.41) is 4.47. The number of aryl methyl sites for hydroxylation is 1. The molecule has 1 N–H and O–H groups in total. The second-order valence-electron chi connectivity index (χ2n) is 9.12. The molecular formula is C29H31N3O3. The van der Waals surface area contributed by atoms with Gasteiger partial charge >= 0.3 is 0 Å². The third kappa shape index (κ3) is 5.16. The molecule has 1 aliphatic carbocycles. The van der Waals surface area contributed by atoms with E-state index in [1.165, 1.54) is 12.8 Å². The van der Waals surface area contributed by atoms with E-state index in [1.54, 1.807) is 14.2 Å². The van der Waals surface area contributed by atoms with E-state index in [2.05, 4.69) is 59.7 Å². The summed E-state index contributed by atoms with van der Waals surface area (Å²) in [6.07, 6.45) is 2.57. The first-order valence-corrected chi connectivity index (χ1v) is 12.0. The summed E-state index contributed by atoms with van der Waals surface area (Å²) in [5.74, 6) is 4.41. The maximum absolute atomic E-state index is 5.99. The van der Waals surface area contributed by atoms with Crippen LogP contribution >= 0.6 is 0 Å². The molecule has 0 bridgehead atoms. The molecule has 0 unspecified atom stereocenters. The molecule has 1 atom stereocenters. The number of aromatic nitrogens is 2. The van der Waals surface area contributed by atoms with Crippen molar-refractivity contribution in [2.75, 3.05) is 26.1 Å². The van der Waals surface area contributed by atoms with Gasteiger partial charge in [-0.25, -0.2) is 9.97 Å². The van der Waals surface area contributed by atoms with Gasteiger partial charge in [0.2, 0.25) is 0 Å². The van der Waals surface area contributed by atoms with Gasteiger partial charge in [0.15, 0.2) is 11.5 Å². The second kappa shape index (κ2) is 9.82. The maximum Gasteiger partial charge on any atom is 0.162 e. The number of fused-ring (bicyclic) bond motifs is 1. The van der Waals surface area contributed by atoms with Gasteiger partial charge in [0.1, 0.15) is 17.4 Å². The van der Waals surface area contributed by atoms with E-state index >= 15 is 0 Å². The van der Waals surface area contributed by atoms with Crippen LogP contribution in [0.2, 0.25) is 0 Å². The Kier molecular flexibility index (Phi) is 6.45. The van der Waals surface area contributed by atoms with Crippen LogP contribution in [0.3, 0.4) is 0 Å². The van der Waals surface area contributed by atoms with Crippen molar-refractivity contribution in [3.8, 4) is 28.4 Å². The van der Waals surface area contributed by atoms with Gasteiger partial charge in [0.05, 0.1) is 26.3 Å². The van der Waals surface area contributed by atoms with Gasteiger partial charge in [-0.2, -0.15) is 0 Å². The molecule has 1 heterocycles. The number of anilines is 1. The van der Waals surface area contributed by atoms with Gasteiger partial charge in [-0.15, -0.1) is 0 Å². The van der Waals surface area contributed by atoms with Crippen molar-refractivity contribution in [1.82, 2.24) is 9.97 Å². The third-order valence-corrected chi connectivity index (χ3v) is 6.40. The molecule has 1 saturated carbocycles. The number of rotatable bonds is 9. The van der Waals surface area contributed by atoms with Gasteiger partial charge in [-0.1, -0.05) is 30.3 Å². The van der Waals surface area contributed by atoms with Crippen LogP contribution in [0, 0.1) is 12.8 Å². The zero-order chi connectivity index (χ0) is 24.4. The van der Waals surface area contributed by atoms with Crippen molar-refractivity contribution in [2.24, 2.45) is 5.92 Å². The molecule has 1 aliphatic rings. The topological polar surface area (TPSA) is 65.5 Å². The van der Waals surface area contributed by atoms with E-state index < -0.39 is 0 Å². The summed E-state index contributed by atoms with van der Waals surface area (Å²) in [7, 11) is 3.26. The minimum absolute atomic E-state index is 0.0230. The summed E-state index contributed by atoms with van der Waals surface area (Å²) in [4.78, 5) is 9.29. The molecule has 4 aromatic rings. The van der Waals surface area contributed by atoms with Gasteiger partial charge in [-0.05, 0) is 73.6 Å². The van der Waals surface area contributed by atoms with E-state index in [4.69, 9.17) is 19.2 Å². The fraction of sp³-hybridized carbons (Fsp3) is 0.310. The molecule has 0 amide bonds. The molecule has 0 spiro atoms. The van der Waals surface area contributed by atoms with E-state index in [0.29, 0.717) is 17.3 Å². The standard InChI is InChI=1S/C29H31N3O3/c1-18(30-29-25-15-27(33-3)28(34-4)16-26(25)31-19(2)32-29)21-7-5-8-22(13-21)23-9-6-10-24(14-23)35-17-20-11-12-20/h5-10,13-16,18,20H,11-12,17H2,1-4H3,(H,30,31,32)/t18-/m1/s1. The first kappa shape index (κ1) is 23.0. The van der Waals surface area contributed by atoms with Crippen LogP contribution < -0.4 is 19.5 Å². The average molecular weight is 470 g/mol. The lowest BCUT2D eigenvalue weighted by Gasteiger charge is -2.18. The molecular weight excluding hydrogens is 438 g/mol. The highest BCUT2D eigenvalue weighted by atomic mass is 16.5. The van der Waals surface area contributed by atoms with Crippen LogP contribution in [0.25, 0.3) is 22.0 Å². The maximum atomic E-state index is 5.99.